The Hall–Kier alpha value is -1.71. The molecule has 1 amide bonds. The molecule has 7 nitrogen and oxygen atoms in total. The lowest BCUT2D eigenvalue weighted by molar-refractivity contribution is -0.858. The fraction of sp³-hybridized carbons (Fsp3) is 0.529. The second kappa shape index (κ2) is 8.79. The lowest BCUT2D eigenvalue weighted by Gasteiger charge is -2.14. The largest absolute Gasteiger partial charge is 0.348 e. The van der Waals surface area contributed by atoms with Gasteiger partial charge in [-0.1, -0.05) is 11.8 Å². The fourth-order valence-electron chi connectivity index (χ4n) is 3.10. The van der Waals surface area contributed by atoms with E-state index in [1.54, 1.807) is 6.20 Å². The number of anilines is 1. The predicted octanol–water partition coefficient (Wildman–Crippen LogP) is 0.454. The van der Waals surface area contributed by atoms with Crippen molar-refractivity contribution in [2.45, 2.75) is 37.3 Å². The van der Waals surface area contributed by atoms with Gasteiger partial charge in [0.05, 0.1) is 26.4 Å². The standard InChI is InChI=1S/C17H23N5O2S2/c1-21(2)8-4-9-22-13-6-3-5-12(13)15(20-17(22)24)26-11-14(23)19-16-18-7-10-25-16/h7,10H,3-6,8-9,11H2,1-2H3,(H,18,19,23)/p+1. The van der Waals surface area contributed by atoms with Crippen LogP contribution in [-0.2, 0) is 24.2 Å². The minimum atomic E-state index is -0.192. The van der Waals surface area contributed by atoms with Crippen molar-refractivity contribution < 1.29 is 9.69 Å². The van der Waals surface area contributed by atoms with Crippen molar-refractivity contribution in [3.8, 4) is 0 Å². The monoisotopic (exact) mass is 394 g/mol. The highest BCUT2D eigenvalue weighted by Gasteiger charge is 2.22. The van der Waals surface area contributed by atoms with Crippen LogP contribution in [0.5, 0.6) is 0 Å². The van der Waals surface area contributed by atoms with Crippen LogP contribution in [0.3, 0.4) is 0 Å². The Kier molecular flexibility index (Phi) is 6.44. The number of fused-ring (bicyclic) bond motifs is 1. The van der Waals surface area contributed by atoms with E-state index in [-0.39, 0.29) is 17.3 Å². The van der Waals surface area contributed by atoms with Gasteiger partial charge < -0.3 is 10.2 Å². The molecule has 0 aliphatic heterocycles. The van der Waals surface area contributed by atoms with Gasteiger partial charge in [-0.25, -0.2) is 9.78 Å². The van der Waals surface area contributed by atoms with E-state index in [2.05, 4.69) is 29.4 Å². The SMILES string of the molecule is C[NH+](C)CCCn1c2c(c(SCC(=O)Nc3nccs3)nc1=O)CCC2. The van der Waals surface area contributed by atoms with E-state index in [1.165, 1.54) is 28.0 Å². The summed E-state index contributed by atoms with van der Waals surface area (Å²) in [6, 6.07) is 0. The summed E-state index contributed by atoms with van der Waals surface area (Å²) in [4.78, 5) is 34.3. The molecular weight excluding hydrogens is 370 g/mol. The van der Waals surface area contributed by atoms with E-state index < -0.39 is 0 Å². The summed E-state index contributed by atoms with van der Waals surface area (Å²) < 4.78 is 1.84. The molecule has 2 N–H and O–H groups in total. The predicted molar refractivity (Wildman–Crippen MR) is 104 cm³/mol. The molecule has 0 saturated heterocycles. The number of thiazole rings is 1. The lowest BCUT2D eigenvalue weighted by Crippen LogP contribution is -3.05. The fourth-order valence-corrected chi connectivity index (χ4v) is 4.52. The van der Waals surface area contributed by atoms with Crippen molar-refractivity contribution in [1.82, 2.24) is 14.5 Å². The molecule has 0 unspecified atom stereocenters. The first-order chi connectivity index (χ1) is 12.5. The van der Waals surface area contributed by atoms with Gasteiger partial charge in [-0.15, -0.1) is 11.3 Å². The molecule has 140 valence electrons. The average molecular weight is 395 g/mol. The Bertz CT molecular complexity index is 817. The second-order valence-electron chi connectivity index (χ2n) is 6.61. The van der Waals surface area contributed by atoms with Gasteiger partial charge in [0.1, 0.15) is 5.03 Å². The van der Waals surface area contributed by atoms with E-state index in [0.29, 0.717) is 10.2 Å². The quantitative estimate of drug-likeness (QED) is 0.502. The first-order valence-corrected chi connectivity index (χ1v) is 10.6. The van der Waals surface area contributed by atoms with Gasteiger partial charge in [0.25, 0.3) is 0 Å². The summed E-state index contributed by atoms with van der Waals surface area (Å²) in [6.07, 6.45) is 5.50. The number of aromatic nitrogens is 3. The number of hydrogen-bond acceptors (Lipinski definition) is 6. The molecule has 26 heavy (non-hydrogen) atoms. The number of rotatable bonds is 8. The number of thioether (sulfide) groups is 1. The van der Waals surface area contributed by atoms with Crippen LogP contribution in [0, 0.1) is 0 Å². The highest BCUT2D eigenvalue weighted by Crippen LogP contribution is 2.29. The Morgan fingerprint density at radius 3 is 3.00 bits per heavy atom. The zero-order valence-corrected chi connectivity index (χ0v) is 16.7. The number of nitrogens with zero attached hydrogens (tertiary/aromatic N) is 3. The zero-order chi connectivity index (χ0) is 18.5. The van der Waals surface area contributed by atoms with Gasteiger partial charge in [0, 0.05) is 35.8 Å². The van der Waals surface area contributed by atoms with Crippen molar-refractivity contribution in [3.05, 3.63) is 33.3 Å². The molecule has 9 heteroatoms. The average Bonchev–Trinajstić information content (AvgIpc) is 3.26. The number of hydrogen-bond donors (Lipinski definition) is 2. The van der Waals surface area contributed by atoms with Crippen LogP contribution in [-0.4, -0.2) is 46.8 Å². The minimum absolute atomic E-state index is 0.128. The van der Waals surface area contributed by atoms with Crippen LogP contribution in [0.4, 0.5) is 5.13 Å². The van der Waals surface area contributed by atoms with Crippen LogP contribution >= 0.6 is 23.1 Å². The molecule has 1 aliphatic carbocycles. The zero-order valence-electron chi connectivity index (χ0n) is 15.1. The second-order valence-corrected chi connectivity index (χ2v) is 8.47. The third-order valence-corrected chi connectivity index (χ3v) is 5.98. The maximum atomic E-state index is 12.5. The third kappa shape index (κ3) is 4.72. The van der Waals surface area contributed by atoms with Crippen molar-refractivity contribution >= 4 is 34.1 Å². The van der Waals surface area contributed by atoms with Crippen molar-refractivity contribution in [3.63, 3.8) is 0 Å². The Balaban J connectivity index is 1.68. The molecule has 0 fully saturated rings. The van der Waals surface area contributed by atoms with Gasteiger partial charge in [-0.3, -0.25) is 9.36 Å². The van der Waals surface area contributed by atoms with Crippen molar-refractivity contribution in [1.29, 1.82) is 0 Å². The number of amides is 1. The Labute approximate surface area is 160 Å². The Morgan fingerprint density at radius 2 is 2.27 bits per heavy atom. The van der Waals surface area contributed by atoms with E-state index in [4.69, 9.17) is 0 Å². The highest BCUT2D eigenvalue weighted by atomic mass is 32.2. The Morgan fingerprint density at radius 1 is 1.42 bits per heavy atom. The first-order valence-electron chi connectivity index (χ1n) is 8.78. The molecule has 2 aromatic rings. The number of carbonyl (C=O) groups excluding carboxylic acids is 1. The van der Waals surface area contributed by atoms with E-state index in [9.17, 15) is 9.59 Å². The number of nitrogens with one attached hydrogen (secondary N) is 2. The molecule has 2 aromatic heterocycles. The van der Waals surface area contributed by atoms with Gasteiger partial charge in [0.2, 0.25) is 5.91 Å². The van der Waals surface area contributed by atoms with Crippen LogP contribution < -0.4 is 15.9 Å². The molecule has 1 aliphatic rings. The van der Waals surface area contributed by atoms with E-state index in [1.807, 2.05) is 9.95 Å². The topological polar surface area (TPSA) is 81.3 Å². The van der Waals surface area contributed by atoms with Crippen LogP contribution in [0.1, 0.15) is 24.1 Å². The molecular formula is C17H24N5O2S2+. The molecule has 0 bridgehead atoms. The minimum Gasteiger partial charge on any atom is -0.340 e. The summed E-state index contributed by atoms with van der Waals surface area (Å²) in [5.74, 6) is 0.101. The third-order valence-electron chi connectivity index (χ3n) is 4.28. The van der Waals surface area contributed by atoms with Crippen LogP contribution in [0.2, 0.25) is 0 Å². The molecule has 0 atom stereocenters. The molecule has 0 aromatic carbocycles. The highest BCUT2D eigenvalue weighted by molar-refractivity contribution is 8.00. The van der Waals surface area contributed by atoms with Crippen molar-refractivity contribution in [2.24, 2.45) is 0 Å². The molecule has 0 spiro atoms. The number of carbonyl (C=O) groups is 1. The van der Waals surface area contributed by atoms with Gasteiger partial charge >= 0.3 is 5.69 Å². The summed E-state index contributed by atoms with van der Waals surface area (Å²) in [5, 5.41) is 5.88. The van der Waals surface area contributed by atoms with Crippen LogP contribution in [0.15, 0.2) is 21.4 Å². The maximum Gasteiger partial charge on any atom is 0.348 e. The van der Waals surface area contributed by atoms with Gasteiger partial charge in [0.15, 0.2) is 5.13 Å². The molecule has 0 radical (unpaired) electrons. The van der Waals surface area contributed by atoms with E-state index >= 15 is 0 Å². The van der Waals surface area contributed by atoms with Gasteiger partial charge in [-0.05, 0) is 19.3 Å². The number of quaternary nitrogens is 1. The smallest absolute Gasteiger partial charge is 0.340 e. The normalized spacial score (nSPS) is 13.2. The summed E-state index contributed by atoms with van der Waals surface area (Å²) in [5.41, 5.74) is 2.07. The first kappa shape index (κ1) is 19.1. The summed E-state index contributed by atoms with van der Waals surface area (Å²) >= 11 is 2.73. The molecule has 0 saturated carbocycles. The maximum absolute atomic E-state index is 12.5. The molecule has 3 rings (SSSR count). The van der Waals surface area contributed by atoms with Crippen LogP contribution in [0.25, 0.3) is 0 Å². The lowest BCUT2D eigenvalue weighted by atomic mass is 10.2. The summed E-state index contributed by atoms with van der Waals surface area (Å²) in [7, 11) is 4.23. The van der Waals surface area contributed by atoms with E-state index in [0.717, 1.165) is 50.0 Å². The molecule has 2 heterocycles. The summed E-state index contributed by atoms with van der Waals surface area (Å²) in [6.45, 7) is 1.74. The van der Waals surface area contributed by atoms with Crippen molar-refractivity contribution in [2.75, 3.05) is 31.7 Å². The van der Waals surface area contributed by atoms with Gasteiger partial charge in [-0.2, -0.15) is 4.98 Å².